The summed E-state index contributed by atoms with van der Waals surface area (Å²) < 4.78 is 13.6. The van der Waals surface area contributed by atoms with Crippen LogP contribution in [0.15, 0.2) is 53.7 Å². The molecule has 1 N–H and O–H groups in total. The summed E-state index contributed by atoms with van der Waals surface area (Å²) in [5.41, 5.74) is 3.38. The van der Waals surface area contributed by atoms with Gasteiger partial charge in [0.2, 0.25) is 4.74 Å². The normalized spacial score (nSPS) is 18.5. The van der Waals surface area contributed by atoms with E-state index in [1.54, 1.807) is 12.1 Å². The molecule has 0 spiro atoms. The van der Waals surface area contributed by atoms with Gasteiger partial charge in [-0.15, -0.1) is 0 Å². The Balaban J connectivity index is 2.12. The molecule has 2 aromatic carbocycles. The minimum Gasteiger partial charge on any atom is -0.409 e. The smallest absolute Gasteiger partial charge is 0.212 e. The third-order valence-corrected chi connectivity index (χ3v) is 4.40. The maximum absolute atomic E-state index is 13.2. The highest BCUT2D eigenvalue weighted by atomic mass is 79.9. The lowest BCUT2D eigenvalue weighted by Crippen LogP contribution is -2.38. The molecule has 0 amide bonds. The summed E-state index contributed by atoms with van der Waals surface area (Å²) in [6.07, 6.45) is 0.874. The highest BCUT2D eigenvalue weighted by molar-refractivity contribution is 9.18. The van der Waals surface area contributed by atoms with Gasteiger partial charge in [-0.25, -0.2) is 4.39 Å². The fourth-order valence-electron chi connectivity index (χ4n) is 2.83. The molecule has 1 aliphatic heterocycles. The van der Waals surface area contributed by atoms with Crippen LogP contribution < -0.4 is 0 Å². The summed E-state index contributed by atoms with van der Waals surface area (Å²) in [5, 5.41) is 12.3. The Bertz CT molecular complexity index is 672. The molecule has 0 aliphatic carbocycles. The van der Waals surface area contributed by atoms with Crippen molar-refractivity contribution in [1.82, 2.24) is 4.90 Å². The number of benzene rings is 2. The van der Waals surface area contributed by atoms with Crippen molar-refractivity contribution in [1.29, 1.82) is 0 Å². The second-order valence-corrected chi connectivity index (χ2v) is 5.67. The largest absolute Gasteiger partial charge is 0.409 e. The number of oxime groups is 1. The molecular weight excluding hydrogens is 335 g/mol. The van der Waals surface area contributed by atoms with E-state index in [1.165, 1.54) is 17.7 Å². The number of nitrogens with zero attached hydrogens (tertiary/aromatic N) is 2. The first-order chi connectivity index (χ1) is 10.2. The van der Waals surface area contributed by atoms with Crippen LogP contribution >= 0.6 is 15.9 Å². The van der Waals surface area contributed by atoms with Crippen LogP contribution in [0.25, 0.3) is 0 Å². The number of halogens is 2. The predicted molar refractivity (Wildman–Crippen MR) is 83.2 cm³/mol. The average Bonchev–Trinajstić information content (AvgIpc) is 2.54. The summed E-state index contributed by atoms with van der Waals surface area (Å²) in [4.78, 5) is 1.97. The Morgan fingerprint density at radius 1 is 1.19 bits per heavy atom. The maximum Gasteiger partial charge on any atom is 0.212 e. The highest BCUT2D eigenvalue weighted by Crippen LogP contribution is 2.36. The quantitative estimate of drug-likeness (QED) is 0.279. The lowest BCUT2D eigenvalue weighted by atomic mass is 9.88. The van der Waals surface area contributed by atoms with Crippen LogP contribution in [0.3, 0.4) is 0 Å². The van der Waals surface area contributed by atoms with Crippen LogP contribution in [0, 0.1) is 5.82 Å². The summed E-state index contributed by atoms with van der Waals surface area (Å²) in [5.74, 6) is -0.260. The lowest BCUT2D eigenvalue weighted by Gasteiger charge is -2.37. The number of fused-ring (bicyclic) bond motifs is 1. The first kappa shape index (κ1) is 14.1. The third kappa shape index (κ3) is 2.65. The SMILES string of the molecule is ON=C(Br)N1CCc2ccccc2[C@@H]1c1ccc(F)cc1. The van der Waals surface area contributed by atoms with Crippen molar-refractivity contribution in [3.8, 4) is 0 Å². The van der Waals surface area contributed by atoms with Crippen molar-refractivity contribution >= 4 is 20.7 Å². The molecule has 3 rings (SSSR count). The topological polar surface area (TPSA) is 35.8 Å². The van der Waals surface area contributed by atoms with E-state index in [9.17, 15) is 4.39 Å². The number of hydrogen-bond donors (Lipinski definition) is 1. The lowest BCUT2D eigenvalue weighted by molar-refractivity contribution is 0.287. The molecule has 0 bridgehead atoms. The van der Waals surface area contributed by atoms with E-state index < -0.39 is 0 Å². The van der Waals surface area contributed by atoms with Crippen molar-refractivity contribution in [2.75, 3.05) is 6.54 Å². The molecular formula is C16H14BrFN2O. The molecule has 2 aromatic rings. The minimum atomic E-state index is -0.260. The third-order valence-electron chi connectivity index (χ3n) is 3.79. The second kappa shape index (κ2) is 5.85. The Hall–Kier alpha value is -1.88. The van der Waals surface area contributed by atoms with E-state index in [-0.39, 0.29) is 11.9 Å². The first-order valence-electron chi connectivity index (χ1n) is 6.68. The van der Waals surface area contributed by atoms with E-state index in [0.29, 0.717) is 4.74 Å². The molecule has 0 unspecified atom stereocenters. The van der Waals surface area contributed by atoms with Gasteiger partial charge < -0.3 is 10.1 Å². The molecule has 108 valence electrons. The Morgan fingerprint density at radius 3 is 2.62 bits per heavy atom. The van der Waals surface area contributed by atoms with Gasteiger partial charge in [0.15, 0.2) is 0 Å². The van der Waals surface area contributed by atoms with Gasteiger partial charge in [0.25, 0.3) is 0 Å². The molecule has 1 aliphatic rings. The summed E-state index contributed by atoms with van der Waals surface area (Å²) in [7, 11) is 0. The van der Waals surface area contributed by atoms with E-state index in [0.717, 1.165) is 24.1 Å². The first-order valence-corrected chi connectivity index (χ1v) is 7.47. The summed E-state index contributed by atoms with van der Waals surface area (Å²) in [6.45, 7) is 0.726. The predicted octanol–water partition coefficient (Wildman–Crippen LogP) is 3.91. The van der Waals surface area contributed by atoms with Gasteiger partial charge in [0.05, 0.1) is 6.04 Å². The van der Waals surface area contributed by atoms with Gasteiger partial charge in [-0.05, 0) is 51.2 Å². The molecule has 5 heteroatoms. The fraction of sp³-hybridized carbons (Fsp3) is 0.188. The zero-order chi connectivity index (χ0) is 14.8. The Kier molecular flexibility index (Phi) is 3.92. The van der Waals surface area contributed by atoms with Crippen LogP contribution in [-0.2, 0) is 6.42 Å². The Labute approximate surface area is 130 Å². The standard InChI is InChI=1S/C16H14BrFN2O/c17-16(19-21)20-10-9-11-3-1-2-4-14(11)15(20)12-5-7-13(18)8-6-12/h1-8,15,21H,9-10H2/t15-/m0/s1. The molecule has 0 saturated carbocycles. The monoisotopic (exact) mass is 348 g/mol. The molecule has 1 atom stereocenters. The van der Waals surface area contributed by atoms with Crippen molar-refractivity contribution in [2.24, 2.45) is 5.16 Å². The van der Waals surface area contributed by atoms with Gasteiger partial charge in [-0.3, -0.25) is 0 Å². The van der Waals surface area contributed by atoms with Crippen LogP contribution in [0.1, 0.15) is 22.7 Å². The summed E-state index contributed by atoms with van der Waals surface area (Å²) in [6, 6.07) is 14.5. The van der Waals surface area contributed by atoms with Gasteiger partial charge in [0.1, 0.15) is 5.82 Å². The Morgan fingerprint density at radius 2 is 1.90 bits per heavy atom. The van der Waals surface area contributed by atoms with Gasteiger partial charge >= 0.3 is 0 Å². The molecule has 0 radical (unpaired) electrons. The fourth-order valence-corrected chi connectivity index (χ4v) is 3.21. The molecule has 0 fully saturated rings. The van der Waals surface area contributed by atoms with Gasteiger partial charge in [-0.2, -0.15) is 0 Å². The van der Waals surface area contributed by atoms with Crippen molar-refractivity contribution in [3.05, 3.63) is 71.0 Å². The van der Waals surface area contributed by atoms with E-state index in [1.807, 2.05) is 17.0 Å². The van der Waals surface area contributed by atoms with E-state index in [2.05, 4.69) is 33.2 Å². The number of hydrogen-bond acceptors (Lipinski definition) is 2. The van der Waals surface area contributed by atoms with Gasteiger partial charge in [0, 0.05) is 6.54 Å². The van der Waals surface area contributed by atoms with Crippen molar-refractivity contribution < 1.29 is 9.60 Å². The minimum absolute atomic E-state index is 0.0965. The molecule has 21 heavy (non-hydrogen) atoms. The van der Waals surface area contributed by atoms with Crippen LogP contribution in [0.2, 0.25) is 0 Å². The second-order valence-electron chi connectivity index (χ2n) is 4.97. The van der Waals surface area contributed by atoms with Crippen LogP contribution in [0.5, 0.6) is 0 Å². The maximum atomic E-state index is 13.2. The molecule has 1 heterocycles. The molecule has 3 nitrogen and oxygen atoms in total. The van der Waals surface area contributed by atoms with Crippen LogP contribution in [0.4, 0.5) is 4.39 Å². The highest BCUT2D eigenvalue weighted by Gasteiger charge is 2.30. The van der Waals surface area contributed by atoms with Crippen molar-refractivity contribution in [3.63, 3.8) is 0 Å². The zero-order valence-corrected chi connectivity index (χ0v) is 12.8. The number of amidine groups is 1. The van der Waals surface area contributed by atoms with E-state index in [4.69, 9.17) is 5.21 Å². The average molecular weight is 349 g/mol. The van der Waals surface area contributed by atoms with E-state index >= 15 is 0 Å². The van der Waals surface area contributed by atoms with Crippen LogP contribution in [-0.4, -0.2) is 21.4 Å². The van der Waals surface area contributed by atoms with Crippen molar-refractivity contribution in [2.45, 2.75) is 12.5 Å². The molecule has 0 saturated heterocycles. The zero-order valence-electron chi connectivity index (χ0n) is 11.2. The molecule has 0 aromatic heterocycles. The summed E-state index contributed by atoms with van der Waals surface area (Å²) >= 11 is 3.29. The number of rotatable bonds is 1. The van der Waals surface area contributed by atoms with Gasteiger partial charge in [-0.1, -0.05) is 41.6 Å².